The average molecular weight is 360 g/mol. The molecule has 2 rings (SSSR count). The number of aromatic nitrogens is 2. The number of carbonyl (C=O) groups excluding carboxylic acids is 1. The van der Waals surface area contributed by atoms with Crippen molar-refractivity contribution in [1.29, 1.82) is 0 Å². The monoisotopic (exact) mass is 360 g/mol. The third kappa shape index (κ3) is 3.43. The Balaban J connectivity index is 2.62. The number of nitro benzene ring substituents is 1. The Morgan fingerprint density at radius 2 is 1.96 bits per heavy atom. The Labute approximate surface area is 147 Å². The molecular weight excluding hydrogens is 344 g/mol. The zero-order chi connectivity index (χ0) is 19.6. The van der Waals surface area contributed by atoms with Gasteiger partial charge in [-0.3, -0.25) is 19.7 Å². The molecule has 0 saturated carbocycles. The smallest absolute Gasteiger partial charge is 0.326 e. The van der Waals surface area contributed by atoms with Gasteiger partial charge in [0.25, 0.3) is 11.6 Å². The second-order valence-electron chi connectivity index (χ2n) is 5.59. The Bertz CT molecular complexity index is 952. The fourth-order valence-corrected chi connectivity index (χ4v) is 2.25. The van der Waals surface area contributed by atoms with Crippen LogP contribution in [0.2, 0.25) is 0 Å². The molecule has 10 nitrogen and oxygen atoms in total. The predicted octanol–water partition coefficient (Wildman–Crippen LogP) is 0.994. The number of hydrogen-bond acceptors (Lipinski definition) is 6. The lowest BCUT2D eigenvalue weighted by molar-refractivity contribution is -0.384. The van der Waals surface area contributed by atoms with E-state index in [0.717, 1.165) is 15.6 Å². The summed E-state index contributed by atoms with van der Waals surface area (Å²) >= 11 is 0. The maximum atomic E-state index is 12.5. The lowest BCUT2D eigenvalue weighted by Gasteiger charge is -2.21. The first-order chi connectivity index (χ1) is 12.1. The van der Waals surface area contributed by atoms with Gasteiger partial charge in [0, 0.05) is 24.9 Å². The molecule has 26 heavy (non-hydrogen) atoms. The van der Waals surface area contributed by atoms with E-state index in [1.165, 1.54) is 39.1 Å². The van der Waals surface area contributed by atoms with Crippen molar-refractivity contribution in [2.24, 2.45) is 0 Å². The highest BCUT2D eigenvalue weighted by atomic mass is 16.6. The van der Waals surface area contributed by atoms with Gasteiger partial charge in [-0.25, -0.2) is 9.48 Å². The van der Waals surface area contributed by atoms with Gasteiger partial charge in [0.05, 0.1) is 4.92 Å². The molecule has 1 aromatic heterocycles. The zero-order valence-electron chi connectivity index (χ0n) is 14.2. The first-order valence-corrected chi connectivity index (χ1v) is 7.50. The molecule has 1 N–H and O–H groups in total. The van der Waals surface area contributed by atoms with Gasteiger partial charge in [-0.1, -0.05) is 12.1 Å². The summed E-state index contributed by atoms with van der Waals surface area (Å²) in [5.74, 6) is -2.13. The van der Waals surface area contributed by atoms with E-state index in [2.05, 4.69) is 5.10 Å². The highest BCUT2D eigenvalue weighted by Crippen LogP contribution is 2.22. The number of hydrogen-bond donors (Lipinski definition) is 1. The van der Waals surface area contributed by atoms with Crippen LogP contribution in [-0.2, 0) is 4.79 Å². The number of aliphatic carboxylic acids is 1. The van der Waals surface area contributed by atoms with Crippen molar-refractivity contribution >= 4 is 17.6 Å². The van der Waals surface area contributed by atoms with Gasteiger partial charge in [0.15, 0.2) is 5.69 Å². The summed E-state index contributed by atoms with van der Waals surface area (Å²) in [4.78, 5) is 47.2. The molecule has 1 unspecified atom stereocenters. The summed E-state index contributed by atoms with van der Waals surface area (Å²) in [7, 11) is 1.23. The number of aryl methyl sites for hydroxylation is 1. The number of benzene rings is 1. The quantitative estimate of drug-likeness (QED) is 0.620. The third-order valence-corrected chi connectivity index (χ3v) is 3.88. The molecule has 1 aromatic carbocycles. The van der Waals surface area contributed by atoms with Crippen molar-refractivity contribution in [1.82, 2.24) is 14.7 Å². The maximum Gasteiger partial charge on any atom is 0.326 e. The van der Waals surface area contributed by atoms with Crippen LogP contribution in [0.25, 0.3) is 5.69 Å². The van der Waals surface area contributed by atoms with E-state index in [-0.39, 0.29) is 17.1 Å². The van der Waals surface area contributed by atoms with Crippen LogP contribution in [0.1, 0.15) is 23.1 Å². The van der Waals surface area contributed by atoms with Gasteiger partial charge >= 0.3 is 5.97 Å². The van der Waals surface area contributed by atoms with Gasteiger partial charge in [-0.05, 0) is 19.9 Å². The van der Waals surface area contributed by atoms with Crippen LogP contribution in [0.3, 0.4) is 0 Å². The van der Waals surface area contributed by atoms with E-state index >= 15 is 0 Å². The molecule has 1 amide bonds. The van der Waals surface area contributed by atoms with Gasteiger partial charge in [0.1, 0.15) is 11.7 Å². The Kier molecular flexibility index (Phi) is 5.15. The Morgan fingerprint density at radius 3 is 2.54 bits per heavy atom. The van der Waals surface area contributed by atoms with E-state index in [4.69, 9.17) is 5.11 Å². The van der Waals surface area contributed by atoms with Gasteiger partial charge < -0.3 is 10.0 Å². The second kappa shape index (κ2) is 7.13. The summed E-state index contributed by atoms with van der Waals surface area (Å²) in [5.41, 5.74) is -1.11. The third-order valence-electron chi connectivity index (χ3n) is 3.88. The summed E-state index contributed by atoms with van der Waals surface area (Å²) in [6.45, 7) is 2.80. The normalized spacial score (nSPS) is 11.7. The first-order valence-electron chi connectivity index (χ1n) is 7.50. The molecule has 0 spiro atoms. The Morgan fingerprint density at radius 1 is 1.35 bits per heavy atom. The molecule has 0 aliphatic rings. The van der Waals surface area contributed by atoms with Crippen LogP contribution in [0, 0.1) is 17.0 Å². The van der Waals surface area contributed by atoms with Crippen molar-refractivity contribution in [3.05, 3.63) is 62.1 Å². The maximum absolute atomic E-state index is 12.5. The molecular formula is C16H16N4O6. The van der Waals surface area contributed by atoms with Crippen LogP contribution in [0.5, 0.6) is 0 Å². The van der Waals surface area contributed by atoms with Crippen molar-refractivity contribution in [2.45, 2.75) is 19.9 Å². The molecule has 0 saturated heterocycles. The van der Waals surface area contributed by atoms with Crippen molar-refractivity contribution < 1.29 is 19.6 Å². The van der Waals surface area contributed by atoms with E-state index in [9.17, 15) is 24.5 Å². The summed E-state index contributed by atoms with van der Waals surface area (Å²) < 4.78 is 1.12. The minimum Gasteiger partial charge on any atom is -0.480 e. The Hall–Kier alpha value is -3.56. The highest BCUT2D eigenvalue weighted by Gasteiger charge is 2.27. The number of amides is 1. The second-order valence-corrected chi connectivity index (χ2v) is 5.59. The predicted molar refractivity (Wildman–Crippen MR) is 90.4 cm³/mol. The van der Waals surface area contributed by atoms with Gasteiger partial charge in [0.2, 0.25) is 5.43 Å². The topological polar surface area (TPSA) is 136 Å². The van der Waals surface area contributed by atoms with Gasteiger partial charge in [-0.2, -0.15) is 5.10 Å². The molecule has 0 bridgehead atoms. The molecule has 10 heteroatoms. The number of likely N-dealkylation sites (N-methyl/N-ethyl adjacent to an activating group) is 1. The number of para-hydroxylation sites is 2. The summed E-state index contributed by atoms with van der Waals surface area (Å²) in [5, 5.41) is 24.2. The van der Waals surface area contributed by atoms with Gasteiger partial charge in [-0.15, -0.1) is 0 Å². The van der Waals surface area contributed by atoms with Crippen LogP contribution in [0.4, 0.5) is 5.69 Å². The zero-order valence-corrected chi connectivity index (χ0v) is 14.2. The number of nitrogens with zero attached hydrogens (tertiary/aromatic N) is 4. The van der Waals surface area contributed by atoms with Crippen molar-refractivity contribution in [3.63, 3.8) is 0 Å². The SMILES string of the molecule is Cc1cc(=O)c(C(=O)N(C)C(C)C(=O)O)nn1-c1ccccc1[N+](=O)[O-]. The molecule has 0 aliphatic heterocycles. The van der Waals surface area contributed by atoms with Crippen molar-refractivity contribution in [3.8, 4) is 5.69 Å². The summed E-state index contributed by atoms with van der Waals surface area (Å²) in [6, 6.07) is 5.69. The summed E-state index contributed by atoms with van der Waals surface area (Å²) in [6.07, 6.45) is 0. The number of carbonyl (C=O) groups is 2. The highest BCUT2D eigenvalue weighted by molar-refractivity contribution is 5.94. The van der Waals surface area contributed by atoms with E-state index < -0.39 is 34.0 Å². The van der Waals surface area contributed by atoms with Crippen LogP contribution >= 0.6 is 0 Å². The molecule has 136 valence electrons. The van der Waals surface area contributed by atoms with E-state index in [1.807, 2.05) is 0 Å². The van der Waals surface area contributed by atoms with E-state index in [1.54, 1.807) is 6.07 Å². The fourth-order valence-electron chi connectivity index (χ4n) is 2.25. The molecule has 0 aliphatic carbocycles. The molecule has 1 heterocycles. The van der Waals surface area contributed by atoms with Crippen molar-refractivity contribution in [2.75, 3.05) is 7.05 Å². The number of rotatable bonds is 5. The first kappa shape index (κ1) is 18.8. The minimum absolute atomic E-state index is 0.0815. The largest absolute Gasteiger partial charge is 0.480 e. The molecule has 2 aromatic rings. The average Bonchev–Trinajstić information content (AvgIpc) is 2.59. The lowest BCUT2D eigenvalue weighted by atomic mass is 10.2. The number of carboxylic acids is 1. The standard InChI is InChI=1S/C16H16N4O6/c1-9-8-13(21)14(15(22)18(3)10(2)16(23)24)17-19(9)11-6-4-5-7-12(11)20(25)26/h4-8,10H,1-3H3,(H,23,24). The number of nitro groups is 1. The van der Waals surface area contributed by atoms with Crippen LogP contribution < -0.4 is 5.43 Å². The lowest BCUT2D eigenvalue weighted by Crippen LogP contribution is -2.42. The number of carboxylic acid groups (broad SMARTS) is 1. The fraction of sp³-hybridized carbons (Fsp3) is 0.250. The molecule has 0 fully saturated rings. The minimum atomic E-state index is -1.24. The van der Waals surface area contributed by atoms with Crippen LogP contribution in [-0.4, -0.2) is 49.7 Å². The molecule has 0 radical (unpaired) electrons. The van der Waals surface area contributed by atoms with Crippen LogP contribution in [0.15, 0.2) is 35.1 Å². The molecule has 1 atom stereocenters. The van der Waals surface area contributed by atoms with E-state index in [0.29, 0.717) is 0 Å².